The maximum atomic E-state index is 13.7. The summed E-state index contributed by atoms with van der Waals surface area (Å²) in [5, 5.41) is 25.0. The van der Waals surface area contributed by atoms with Crippen molar-refractivity contribution in [1.29, 1.82) is 0 Å². The van der Waals surface area contributed by atoms with Crippen LogP contribution in [0.1, 0.15) is 68.0 Å². The number of rotatable bonds is 13. The molecule has 2 amide bonds. The summed E-state index contributed by atoms with van der Waals surface area (Å²) in [4.78, 5) is 51.3. The fourth-order valence-electron chi connectivity index (χ4n) is 6.43. The highest BCUT2D eigenvalue weighted by molar-refractivity contribution is 5.87. The normalized spacial score (nSPS) is 13.4. The van der Waals surface area contributed by atoms with Crippen LogP contribution in [0.2, 0.25) is 0 Å². The topological polar surface area (TPSA) is 162 Å². The highest BCUT2D eigenvalue weighted by Crippen LogP contribution is 2.44. The van der Waals surface area contributed by atoms with E-state index in [0.29, 0.717) is 5.69 Å². The Labute approximate surface area is 301 Å². The molecule has 52 heavy (non-hydrogen) atoms. The first-order valence-electron chi connectivity index (χ1n) is 17.2. The smallest absolute Gasteiger partial charge is 0.407 e. The third-order valence-electron chi connectivity index (χ3n) is 8.84. The van der Waals surface area contributed by atoms with Crippen LogP contribution in [0.3, 0.4) is 0 Å². The van der Waals surface area contributed by atoms with Crippen molar-refractivity contribution in [2.24, 2.45) is 0 Å². The maximum Gasteiger partial charge on any atom is 0.407 e. The zero-order chi connectivity index (χ0) is 36.8. The monoisotopic (exact) mass is 703 g/mol. The van der Waals surface area contributed by atoms with E-state index in [2.05, 4.69) is 33.1 Å². The van der Waals surface area contributed by atoms with Gasteiger partial charge in [0.25, 0.3) is 0 Å². The number of nitrogens with one attached hydrogen (secondary N) is 2. The lowest BCUT2D eigenvalue weighted by Crippen LogP contribution is -2.48. The number of aromatic nitrogens is 3. The Morgan fingerprint density at radius 1 is 0.885 bits per heavy atom. The zero-order valence-electron chi connectivity index (χ0n) is 29.2. The van der Waals surface area contributed by atoms with Crippen molar-refractivity contribution in [2.75, 3.05) is 6.61 Å². The van der Waals surface area contributed by atoms with Crippen LogP contribution in [-0.2, 0) is 36.8 Å². The minimum Gasteiger partial charge on any atom is -0.481 e. The van der Waals surface area contributed by atoms with Crippen molar-refractivity contribution in [2.45, 2.75) is 70.2 Å². The summed E-state index contributed by atoms with van der Waals surface area (Å²) in [6, 6.07) is 27.8. The molecule has 0 spiro atoms. The summed E-state index contributed by atoms with van der Waals surface area (Å²) in [6.45, 7) is 5.17. The Morgan fingerprint density at radius 3 is 2.21 bits per heavy atom. The lowest BCUT2D eigenvalue weighted by atomic mass is 9.98. The summed E-state index contributed by atoms with van der Waals surface area (Å²) < 4.78 is 12.5. The van der Waals surface area contributed by atoms with Crippen LogP contribution in [0.5, 0.6) is 0 Å². The molecule has 3 N–H and O–H groups in total. The Morgan fingerprint density at radius 2 is 1.54 bits per heavy atom. The van der Waals surface area contributed by atoms with Gasteiger partial charge in [0.2, 0.25) is 5.91 Å². The van der Waals surface area contributed by atoms with Crippen LogP contribution in [-0.4, -0.2) is 62.3 Å². The van der Waals surface area contributed by atoms with Gasteiger partial charge < -0.3 is 25.2 Å². The second kappa shape index (κ2) is 15.5. The number of hydrogen-bond acceptors (Lipinski definition) is 8. The molecule has 0 saturated heterocycles. The van der Waals surface area contributed by atoms with Crippen molar-refractivity contribution in [3.8, 4) is 11.1 Å². The number of aliphatic carboxylic acids is 1. The number of carbonyl (C=O) groups is 4. The van der Waals surface area contributed by atoms with Gasteiger partial charge in [-0.25, -0.2) is 14.3 Å². The lowest BCUT2D eigenvalue weighted by molar-refractivity contribution is -0.159. The largest absolute Gasteiger partial charge is 0.481 e. The third-order valence-corrected chi connectivity index (χ3v) is 8.84. The number of carboxylic acid groups (broad SMARTS) is 1. The fourth-order valence-corrected chi connectivity index (χ4v) is 6.43. The van der Waals surface area contributed by atoms with E-state index < -0.39 is 41.6 Å². The molecule has 0 radical (unpaired) electrons. The van der Waals surface area contributed by atoms with E-state index in [4.69, 9.17) is 9.47 Å². The van der Waals surface area contributed by atoms with Crippen LogP contribution in [0.25, 0.3) is 21.9 Å². The molecular weight excluding hydrogens is 662 g/mol. The molecule has 1 aliphatic rings. The molecule has 1 heterocycles. The van der Waals surface area contributed by atoms with Gasteiger partial charge in [0.1, 0.15) is 23.9 Å². The minimum absolute atomic E-state index is 0.0582. The first-order chi connectivity index (χ1) is 24.9. The molecule has 12 nitrogen and oxygen atoms in total. The van der Waals surface area contributed by atoms with Crippen molar-refractivity contribution in [1.82, 2.24) is 25.6 Å². The number of ether oxygens (including phenoxy) is 2. The van der Waals surface area contributed by atoms with Crippen molar-refractivity contribution in [3.05, 3.63) is 120 Å². The van der Waals surface area contributed by atoms with Gasteiger partial charge >= 0.3 is 18.0 Å². The second-order valence-corrected chi connectivity index (χ2v) is 13.8. The van der Waals surface area contributed by atoms with Crippen molar-refractivity contribution >= 4 is 34.7 Å². The summed E-state index contributed by atoms with van der Waals surface area (Å²) in [5.74, 6) is -2.33. The average molecular weight is 704 g/mol. The van der Waals surface area contributed by atoms with Gasteiger partial charge in [-0.3, -0.25) is 9.59 Å². The van der Waals surface area contributed by atoms with Gasteiger partial charge in [-0.15, -0.1) is 5.10 Å². The highest BCUT2D eigenvalue weighted by atomic mass is 16.6. The summed E-state index contributed by atoms with van der Waals surface area (Å²) in [6.07, 6.45) is 0.579. The van der Waals surface area contributed by atoms with Gasteiger partial charge in [0, 0.05) is 18.8 Å². The molecular formula is C40H41N5O7. The van der Waals surface area contributed by atoms with Crippen LogP contribution in [0, 0.1) is 0 Å². The summed E-state index contributed by atoms with van der Waals surface area (Å²) >= 11 is 0. The quantitative estimate of drug-likeness (QED) is 0.126. The van der Waals surface area contributed by atoms with Gasteiger partial charge in [-0.2, -0.15) is 0 Å². The van der Waals surface area contributed by atoms with Gasteiger partial charge in [-0.05, 0) is 65.8 Å². The second-order valence-electron chi connectivity index (χ2n) is 13.8. The van der Waals surface area contributed by atoms with Gasteiger partial charge in [0.05, 0.1) is 12.7 Å². The lowest BCUT2D eigenvalue weighted by Gasteiger charge is -2.23. The van der Waals surface area contributed by atoms with E-state index in [0.717, 1.165) is 38.6 Å². The van der Waals surface area contributed by atoms with E-state index in [9.17, 15) is 24.3 Å². The number of nitrogens with zero attached hydrogens (tertiary/aromatic N) is 3. The van der Waals surface area contributed by atoms with Gasteiger partial charge in [-0.1, -0.05) is 96.2 Å². The van der Waals surface area contributed by atoms with E-state index in [-0.39, 0.29) is 38.3 Å². The van der Waals surface area contributed by atoms with Crippen LogP contribution >= 0.6 is 0 Å². The van der Waals surface area contributed by atoms with Crippen LogP contribution in [0.15, 0.2) is 97.2 Å². The molecule has 1 aromatic heterocycles. The van der Waals surface area contributed by atoms with Crippen LogP contribution < -0.4 is 10.6 Å². The molecule has 0 aliphatic heterocycles. The maximum absolute atomic E-state index is 13.7. The highest BCUT2D eigenvalue weighted by Gasteiger charge is 2.31. The molecule has 0 saturated carbocycles. The molecule has 1 aliphatic carbocycles. The Hall–Kier alpha value is -6.04. The number of hydrogen-bond donors (Lipinski definition) is 3. The molecule has 12 heteroatoms. The first kappa shape index (κ1) is 35.8. The number of alkyl carbamates (subject to hydrolysis) is 1. The molecule has 0 fully saturated rings. The molecule has 0 bridgehead atoms. The third kappa shape index (κ3) is 8.63. The number of benzene rings is 4. The number of esters is 1. The van der Waals surface area contributed by atoms with Crippen molar-refractivity contribution < 1.29 is 33.8 Å². The average Bonchev–Trinajstić information content (AvgIpc) is 3.71. The number of fused-ring (bicyclic) bond motifs is 4. The molecule has 268 valence electrons. The summed E-state index contributed by atoms with van der Waals surface area (Å²) in [5.41, 5.74) is 4.73. The van der Waals surface area contributed by atoms with E-state index >= 15 is 0 Å². The summed E-state index contributed by atoms with van der Waals surface area (Å²) in [7, 11) is 0. The van der Waals surface area contributed by atoms with Crippen LogP contribution in [0.4, 0.5) is 4.79 Å². The van der Waals surface area contributed by atoms with E-state index in [1.54, 1.807) is 20.8 Å². The number of amides is 2. The predicted octanol–water partition coefficient (Wildman–Crippen LogP) is 5.95. The minimum atomic E-state index is -1.07. The Balaban J connectivity index is 1.15. The molecule has 2 atom stereocenters. The SMILES string of the molecule is CC(C)(C)OC(=O)[C@@H](CCC(=O)O)n1cc(CNC(=O)[C@H](Cc2ccc3ccccc3c2)NC(=O)OCC2c3ccccc3-c3ccccc32)nn1. The number of carbonyl (C=O) groups excluding carboxylic acids is 3. The molecule has 6 rings (SSSR count). The molecule has 0 unspecified atom stereocenters. The first-order valence-corrected chi connectivity index (χ1v) is 17.2. The van der Waals surface area contributed by atoms with E-state index in [1.807, 2.05) is 78.9 Å². The molecule has 5 aromatic rings. The Bertz CT molecular complexity index is 2060. The number of carboxylic acids is 1. The molecule has 4 aromatic carbocycles. The standard InChI is InChI=1S/C40H41N5O7/c1-40(2,3)52-38(49)35(18-19-36(46)47)45-23-28(43-44-45)22-41-37(48)34(21-25-16-17-26-10-4-5-11-27(26)20-25)42-39(50)51-24-33-31-14-8-6-12-29(31)30-13-7-9-15-32(30)33/h4-17,20,23,33-35H,18-19,21-22,24H2,1-3H3,(H,41,48)(H,42,50)(H,46,47)/t34-,35+/m0/s1. The van der Waals surface area contributed by atoms with E-state index in [1.165, 1.54) is 10.9 Å². The van der Waals surface area contributed by atoms with Crippen molar-refractivity contribution in [3.63, 3.8) is 0 Å². The zero-order valence-corrected chi connectivity index (χ0v) is 29.2. The fraction of sp³-hybridized carbons (Fsp3) is 0.300. The van der Waals surface area contributed by atoms with Gasteiger partial charge in [0.15, 0.2) is 6.04 Å². The predicted molar refractivity (Wildman–Crippen MR) is 193 cm³/mol. The Kier molecular flexibility index (Phi) is 10.6.